The third-order valence-corrected chi connectivity index (χ3v) is 3.90. The molecule has 24 heavy (non-hydrogen) atoms. The molecular weight excluding hydrogens is 331 g/mol. The van der Waals surface area contributed by atoms with Crippen LogP contribution >= 0.6 is 11.6 Å². The number of carbonyl (C=O) groups is 1. The van der Waals surface area contributed by atoms with E-state index in [0.717, 1.165) is 5.56 Å². The minimum absolute atomic E-state index is 0.131. The average molecular weight is 351 g/mol. The van der Waals surface area contributed by atoms with Crippen LogP contribution in [-0.2, 0) is 4.79 Å². The summed E-state index contributed by atoms with van der Waals surface area (Å²) in [5.74, 6) is 0.00755. The van der Waals surface area contributed by atoms with Gasteiger partial charge < -0.3 is 10.1 Å². The van der Waals surface area contributed by atoms with Gasteiger partial charge in [0.15, 0.2) is 0 Å². The first-order valence-electron chi connectivity index (χ1n) is 7.57. The van der Waals surface area contributed by atoms with E-state index in [1.807, 2.05) is 24.9 Å². The van der Waals surface area contributed by atoms with Crippen molar-refractivity contribution in [2.24, 2.45) is 0 Å². The van der Waals surface area contributed by atoms with Crippen LogP contribution in [0.2, 0.25) is 5.02 Å². The van der Waals surface area contributed by atoms with Gasteiger partial charge in [0, 0.05) is 23.3 Å². The predicted molar refractivity (Wildman–Crippen MR) is 94.2 cm³/mol. The Kier molecular flexibility index (Phi) is 6.58. The molecule has 0 aromatic heterocycles. The number of hydrogen-bond donors (Lipinski definition) is 1. The number of nitrogens with zero attached hydrogens (tertiary/aromatic N) is 1. The number of carbonyl (C=O) groups excluding carboxylic acids is 1. The van der Waals surface area contributed by atoms with Crippen molar-refractivity contribution >= 4 is 23.2 Å². The Morgan fingerprint density at radius 1 is 1.29 bits per heavy atom. The SMILES string of the molecule is Cc1c(Cl)cccc1NC(=O)CN(C)CCOc1cccc(F)c1. The summed E-state index contributed by atoms with van der Waals surface area (Å²) in [7, 11) is 1.82. The molecule has 0 unspecified atom stereocenters. The van der Waals surface area contributed by atoms with Crippen LogP contribution in [0.3, 0.4) is 0 Å². The number of anilines is 1. The lowest BCUT2D eigenvalue weighted by atomic mass is 10.2. The molecule has 0 bridgehead atoms. The number of rotatable bonds is 7. The molecule has 0 fully saturated rings. The molecule has 0 aliphatic carbocycles. The third-order valence-electron chi connectivity index (χ3n) is 3.49. The average Bonchev–Trinajstić information content (AvgIpc) is 2.52. The second-order valence-corrected chi connectivity index (χ2v) is 5.91. The van der Waals surface area contributed by atoms with Gasteiger partial charge in [-0.1, -0.05) is 23.7 Å². The zero-order valence-electron chi connectivity index (χ0n) is 13.7. The fourth-order valence-corrected chi connectivity index (χ4v) is 2.31. The van der Waals surface area contributed by atoms with Crippen LogP contribution in [0.25, 0.3) is 0 Å². The van der Waals surface area contributed by atoms with Crippen molar-refractivity contribution < 1.29 is 13.9 Å². The summed E-state index contributed by atoms with van der Waals surface area (Å²) < 4.78 is 18.5. The molecule has 0 aliphatic heterocycles. The molecule has 128 valence electrons. The third kappa shape index (κ3) is 5.51. The van der Waals surface area contributed by atoms with Crippen LogP contribution in [-0.4, -0.2) is 37.6 Å². The molecule has 1 amide bonds. The van der Waals surface area contributed by atoms with E-state index in [1.54, 1.807) is 24.3 Å². The lowest BCUT2D eigenvalue weighted by Gasteiger charge is -2.17. The van der Waals surface area contributed by atoms with Gasteiger partial charge in [-0.2, -0.15) is 0 Å². The van der Waals surface area contributed by atoms with Crippen LogP contribution in [0.15, 0.2) is 42.5 Å². The second-order valence-electron chi connectivity index (χ2n) is 5.50. The fourth-order valence-electron chi connectivity index (χ4n) is 2.13. The Hall–Kier alpha value is -2.11. The van der Waals surface area contributed by atoms with E-state index < -0.39 is 0 Å². The van der Waals surface area contributed by atoms with E-state index in [4.69, 9.17) is 16.3 Å². The van der Waals surface area contributed by atoms with Crippen LogP contribution in [0.5, 0.6) is 5.75 Å². The summed E-state index contributed by atoms with van der Waals surface area (Å²) in [5, 5.41) is 3.46. The zero-order chi connectivity index (χ0) is 17.5. The van der Waals surface area contributed by atoms with Gasteiger partial charge in [-0.15, -0.1) is 0 Å². The molecular formula is C18H20ClFN2O2. The van der Waals surface area contributed by atoms with Crippen LogP contribution in [0, 0.1) is 12.7 Å². The maximum absolute atomic E-state index is 13.0. The van der Waals surface area contributed by atoms with Crippen molar-refractivity contribution in [1.29, 1.82) is 0 Å². The monoisotopic (exact) mass is 350 g/mol. The van der Waals surface area contributed by atoms with Gasteiger partial charge in [-0.25, -0.2) is 4.39 Å². The van der Waals surface area contributed by atoms with Crippen molar-refractivity contribution in [2.75, 3.05) is 32.1 Å². The Balaban J connectivity index is 1.76. The van der Waals surface area contributed by atoms with E-state index in [1.165, 1.54) is 12.1 Å². The van der Waals surface area contributed by atoms with Gasteiger partial charge in [0.05, 0.1) is 6.54 Å². The summed E-state index contributed by atoms with van der Waals surface area (Å²) in [4.78, 5) is 13.9. The maximum atomic E-state index is 13.0. The van der Waals surface area contributed by atoms with Gasteiger partial charge in [0.1, 0.15) is 18.2 Å². The summed E-state index contributed by atoms with van der Waals surface area (Å²) in [6.45, 7) is 2.98. The smallest absolute Gasteiger partial charge is 0.238 e. The standard InChI is InChI=1S/C18H20ClFN2O2/c1-13-16(19)7-4-8-17(13)21-18(23)12-22(2)9-10-24-15-6-3-5-14(20)11-15/h3-8,11H,9-10,12H2,1-2H3,(H,21,23). The molecule has 0 saturated heterocycles. The van der Waals surface area contributed by atoms with Crippen molar-refractivity contribution in [1.82, 2.24) is 4.90 Å². The lowest BCUT2D eigenvalue weighted by Crippen LogP contribution is -2.33. The first-order valence-corrected chi connectivity index (χ1v) is 7.95. The minimum Gasteiger partial charge on any atom is -0.492 e. The number of benzene rings is 2. The van der Waals surface area contributed by atoms with E-state index in [9.17, 15) is 9.18 Å². The molecule has 0 saturated carbocycles. The lowest BCUT2D eigenvalue weighted by molar-refractivity contribution is -0.117. The molecule has 0 aliphatic rings. The first kappa shape index (κ1) is 18.2. The number of halogens is 2. The zero-order valence-corrected chi connectivity index (χ0v) is 14.4. The topological polar surface area (TPSA) is 41.6 Å². The highest BCUT2D eigenvalue weighted by Crippen LogP contribution is 2.22. The minimum atomic E-state index is -0.336. The predicted octanol–water partition coefficient (Wildman–Crippen LogP) is 3.74. The van der Waals surface area contributed by atoms with Gasteiger partial charge >= 0.3 is 0 Å². The van der Waals surface area contributed by atoms with E-state index in [2.05, 4.69) is 5.32 Å². The molecule has 0 heterocycles. The van der Waals surface area contributed by atoms with E-state index in [0.29, 0.717) is 29.6 Å². The second kappa shape index (κ2) is 8.66. The van der Waals surface area contributed by atoms with E-state index in [-0.39, 0.29) is 18.3 Å². The van der Waals surface area contributed by atoms with Crippen LogP contribution in [0.4, 0.5) is 10.1 Å². The van der Waals surface area contributed by atoms with E-state index >= 15 is 0 Å². The fraction of sp³-hybridized carbons (Fsp3) is 0.278. The van der Waals surface area contributed by atoms with Gasteiger partial charge in [-0.05, 0) is 43.8 Å². The van der Waals surface area contributed by atoms with Crippen molar-refractivity contribution in [3.05, 3.63) is 58.9 Å². The summed E-state index contributed by atoms with van der Waals surface area (Å²) in [6.07, 6.45) is 0. The highest BCUT2D eigenvalue weighted by Gasteiger charge is 2.09. The molecule has 2 aromatic rings. The van der Waals surface area contributed by atoms with Crippen LogP contribution in [0.1, 0.15) is 5.56 Å². The van der Waals surface area contributed by atoms with Crippen molar-refractivity contribution in [3.8, 4) is 5.75 Å². The largest absolute Gasteiger partial charge is 0.492 e. The Morgan fingerprint density at radius 2 is 2.04 bits per heavy atom. The molecule has 1 N–H and O–H groups in total. The Morgan fingerprint density at radius 3 is 2.79 bits per heavy atom. The van der Waals surface area contributed by atoms with Gasteiger partial charge in [-0.3, -0.25) is 9.69 Å². The molecule has 0 atom stereocenters. The first-order chi connectivity index (χ1) is 11.5. The molecule has 6 heteroatoms. The number of ether oxygens (including phenoxy) is 1. The molecule has 0 spiro atoms. The number of nitrogens with one attached hydrogen (secondary N) is 1. The number of likely N-dealkylation sites (N-methyl/N-ethyl adjacent to an activating group) is 1. The van der Waals surface area contributed by atoms with Crippen molar-refractivity contribution in [2.45, 2.75) is 6.92 Å². The number of amides is 1. The molecule has 2 rings (SSSR count). The number of hydrogen-bond acceptors (Lipinski definition) is 3. The summed E-state index contributed by atoms with van der Waals surface area (Å²) in [6, 6.07) is 11.4. The van der Waals surface area contributed by atoms with Gasteiger partial charge in [0.2, 0.25) is 5.91 Å². The normalized spacial score (nSPS) is 10.7. The highest BCUT2D eigenvalue weighted by atomic mass is 35.5. The molecule has 4 nitrogen and oxygen atoms in total. The molecule has 0 radical (unpaired) electrons. The molecule has 2 aromatic carbocycles. The Labute approximate surface area is 146 Å². The van der Waals surface area contributed by atoms with Crippen molar-refractivity contribution in [3.63, 3.8) is 0 Å². The quantitative estimate of drug-likeness (QED) is 0.827. The maximum Gasteiger partial charge on any atom is 0.238 e. The van der Waals surface area contributed by atoms with Crippen LogP contribution < -0.4 is 10.1 Å². The van der Waals surface area contributed by atoms with Gasteiger partial charge in [0.25, 0.3) is 0 Å². The summed E-state index contributed by atoms with van der Waals surface area (Å²) >= 11 is 6.04. The highest BCUT2D eigenvalue weighted by molar-refractivity contribution is 6.31. The summed E-state index contributed by atoms with van der Waals surface area (Å²) in [5.41, 5.74) is 1.54. The Bertz CT molecular complexity index is 709.